The molecule has 0 aromatic rings. The van der Waals surface area contributed by atoms with Gasteiger partial charge >= 0.3 is 0 Å². The zero-order valence-corrected chi connectivity index (χ0v) is 10.3. The predicted octanol–water partition coefficient (Wildman–Crippen LogP) is 0.895. The molecule has 92 valence electrons. The molecule has 2 rings (SSSR count). The van der Waals surface area contributed by atoms with E-state index in [0.717, 1.165) is 12.8 Å². The molecule has 1 saturated carbocycles. The first kappa shape index (κ1) is 11.9. The van der Waals surface area contributed by atoms with Crippen LogP contribution in [-0.4, -0.2) is 41.6 Å². The SMILES string of the molecule is CC1(C)CN(C(=O)CC2(N)CCC2)CCO1. The van der Waals surface area contributed by atoms with E-state index in [4.69, 9.17) is 10.5 Å². The Morgan fingerprint density at radius 3 is 2.62 bits per heavy atom. The highest BCUT2D eigenvalue weighted by Crippen LogP contribution is 2.33. The second-order valence-corrected chi connectivity index (χ2v) is 5.82. The third-order valence-corrected chi connectivity index (χ3v) is 3.63. The van der Waals surface area contributed by atoms with Crippen LogP contribution < -0.4 is 5.73 Å². The molecule has 4 nitrogen and oxygen atoms in total. The molecule has 2 fully saturated rings. The van der Waals surface area contributed by atoms with Gasteiger partial charge in [0.25, 0.3) is 0 Å². The zero-order valence-electron chi connectivity index (χ0n) is 10.3. The molecule has 1 aliphatic heterocycles. The minimum absolute atomic E-state index is 0.193. The Bertz CT molecular complexity index is 285. The quantitative estimate of drug-likeness (QED) is 0.761. The third kappa shape index (κ3) is 2.55. The largest absolute Gasteiger partial charge is 0.372 e. The molecule has 1 aliphatic carbocycles. The zero-order chi connectivity index (χ0) is 11.8. The van der Waals surface area contributed by atoms with E-state index >= 15 is 0 Å². The molecule has 0 bridgehead atoms. The first-order valence-electron chi connectivity index (χ1n) is 6.11. The Balaban J connectivity index is 1.89. The molecule has 0 spiro atoms. The summed E-state index contributed by atoms with van der Waals surface area (Å²) in [5, 5.41) is 0. The van der Waals surface area contributed by atoms with Crippen LogP contribution in [0, 0.1) is 0 Å². The molecule has 0 unspecified atom stereocenters. The molecular weight excluding hydrogens is 204 g/mol. The summed E-state index contributed by atoms with van der Waals surface area (Å²) in [5.41, 5.74) is 5.68. The Morgan fingerprint density at radius 1 is 1.44 bits per heavy atom. The number of rotatable bonds is 2. The van der Waals surface area contributed by atoms with Gasteiger partial charge in [0.05, 0.1) is 12.2 Å². The summed E-state index contributed by atoms with van der Waals surface area (Å²) in [7, 11) is 0. The number of morpholine rings is 1. The number of nitrogens with zero attached hydrogens (tertiary/aromatic N) is 1. The summed E-state index contributed by atoms with van der Waals surface area (Å²) in [6.45, 7) is 6.07. The van der Waals surface area contributed by atoms with Crippen molar-refractivity contribution in [3.8, 4) is 0 Å². The smallest absolute Gasteiger partial charge is 0.224 e. The number of hydrogen-bond acceptors (Lipinski definition) is 3. The Labute approximate surface area is 97.1 Å². The highest BCUT2D eigenvalue weighted by atomic mass is 16.5. The van der Waals surface area contributed by atoms with E-state index in [-0.39, 0.29) is 17.0 Å². The minimum atomic E-state index is -0.213. The van der Waals surface area contributed by atoms with Crippen molar-refractivity contribution >= 4 is 5.91 Å². The van der Waals surface area contributed by atoms with Crippen molar-refractivity contribution in [3.05, 3.63) is 0 Å². The summed E-state index contributed by atoms with van der Waals surface area (Å²) < 4.78 is 5.59. The van der Waals surface area contributed by atoms with Gasteiger partial charge in [-0.1, -0.05) is 0 Å². The minimum Gasteiger partial charge on any atom is -0.372 e. The lowest BCUT2D eigenvalue weighted by atomic mass is 9.75. The van der Waals surface area contributed by atoms with Crippen LogP contribution in [0.4, 0.5) is 0 Å². The summed E-state index contributed by atoms with van der Waals surface area (Å²) in [4.78, 5) is 14.0. The molecule has 16 heavy (non-hydrogen) atoms. The number of amides is 1. The maximum absolute atomic E-state index is 12.1. The van der Waals surface area contributed by atoms with Crippen LogP contribution >= 0.6 is 0 Å². The number of carbonyl (C=O) groups excluding carboxylic acids is 1. The molecule has 0 radical (unpaired) electrons. The lowest BCUT2D eigenvalue weighted by molar-refractivity contribution is -0.147. The number of ether oxygens (including phenoxy) is 1. The van der Waals surface area contributed by atoms with Crippen LogP contribution in [0.25, 0.3) is 0 Å². The Morgan fingerprint density at radius 2 is 2.12 bits per heavy atom. The standard InChI is InChI=1S/C12H22N2O2/c1-11(2)9-14(6-7-16-11)10(15)8-12(13)4-3-5-12/h3-9,13H2,1-2H3. The summed E-state index contributed by atoms with van der Waals surface area (Å²) in [6.07, 6.45) is 3.65. The van der Waals surface area contributed by atoms with Gasteiger partial charge in [-0.3, -0.25) is 4.79 Å². The van der Waals surface area contributed by atoms with Crippen molar-refractivity contribution in [1.29, 1.82) is 0 Å². The Kier molecular flexibility index (Phi) is 2.97. The van der Waals surface area contributed by atoms with E-state index in [2.05, 4.69) is 0 Å². The summed E-state index contributed by atoms with van der Waals surface area (Å²) >= 11 is 0. The first-order chi connectivity index (χ1) is 7.40. The highest BCUT2D eigenvalue weighted by molar-refractivity contribution is 5.77. The second kappa shape index (κ2) is 4.00. The second-order valence-electron chi connectivity index (χ2n) is 5.82. The molecule has 2 aliphatic rings. The monoisotopic (exact) mass is 226 g/mol. The number of carbonyl (C=O) groups is 1. The van der Waals surface area contributed by atoms with Gasteiger partial charge in [-0.2, -0.15) is 0 Å². The van der Waals surface area contributed by atoms with E-state index in [1.54, 1.807) is 0 Å². The molecule has 0 aromatic carbocycles. The maximum Gasteiger partial charge on any atom is 0.224 e. The van der Waals surface area contributed by atoms with E-state index in [1.165, 1.54) is 6.42 Å². The van der Waals surface area contributed by atoms with Gasteiger partial charge in [0.1, 0.15) is 0 Å². The van der Waals surface area contributed by atoms with Crippen LogP contribution in [0.2, 0.25) is 0 Å². The normalized spacial score (nSPS) is 27.3. The van der Waals surface area contributed by atoms with Crippen molar-refractivity contribution in [2.45, 2.75) is 50.7 Å². The van der Waals surface area contributed by atoms with Crippen LogP contribution in [0.1, 0.15) is 39.5 Å². The highest BCUT2D eigenvalue weighted by Gasteiger charge is 2.38. The average Bonchev–Trinajstić information content (AvgIpc) is 2.13. The van der Waals surface area contributed by atoms with Gasteiger partial charge < -0.3 is 15.4 Å². The van der Waals surface area contributed by atoms with Crippen molar-refractivity contribution in [3.63, 3.8) is 0 Å². The van der Waals surface area contributed by atoms with Gasteiger partial charge in [-0.05, 0) is 33.1 Å². The van der Waals surface area contributed by atoms with Crippen LogP contribution in [0.5, 0.6) is 0 Å². The van der Waals surface area contributed by atoms with Crippen molar-refractivity contribution < 1.29 is 9.53 Å². The van der Waals surface area contributed by atoms with Gasteiger partial charge in [0.15, 0.2) is 0 Å². The van der Waals surface area contributed by atoms with Gasteiger partial charge in [0, 0.05) is 25.0 Å². The van der Waals surface area contributed by atoms with E-state index < -0.39 is 0 Å². The van der Waals surface area contributed by atoms with Crippen LogP contribution in [0.15, 0.2) is 0 Å². The van der Waals surface area contributed by atoms with E-state index in [9.17, 15) is 4.79 Å². The van der Waals surface area contributed by atoms with Crippen molar-refractivity contribution in [2.24, 2.45) is 5.73 Å². The predicted molar refractivity (Wildman–Crippen MR) is 62.0 cm³/mol. The number of hydrogen-bond donors (Lipinski definition) is 1. The molecule has 0 atom stereocenters. The first-order valence-corrected chi connectivity index (χ1v) is 6.11. The van der Waals surface area contributed by atoms with Gasteiger partial charge in [-0.15, -0.1) is 0 Å². The Hall–Kier alpha value is -0.610. The molecule has 0 aromatic heterocycles. The van der Waals surface area contributed by atoms with Crippen LogP contribution in [-0.2, 0) is 9.53 Å². The molecule has 4 heteroatoms. The fraction of sp³-hybridized carbons (Fsp3) is 0.917. The fourth-order valence-electron chi connectivity index (χ4n) is 2.45. The molecule has 1 heterocycles. The van der Waals surface area contributed by atoms with Gasteiger partial charge in [0.2, 0.25) is 5.91 Å². The van der Waals surface area contributed by atoms with Crippen LogP contribution in [0.3, 0.4) is 0 Å². The molecule has 1 amide bonds. The molecule has 2 N–H and O–H groups in total. The fourth-order valence-corrected chi connectivity index (χ4v) is 2.45. The van der Waals surface area contributed by atoms with E-state index in [1.807, 2.05) is 18.7 Å². The summed E-state index contributed by atoms with van der Waals surface area (Å²) in [5.74, 6) is 0.193. The third-order valence-electron chi connectivity index (χ3n) is 3.63. The van der Waals surface area contributed by atoms with E-state index in [0.29, 0.717) is 26.1 Å². The number of nitrogens with two attached hydrogens (primary N) is 1. The lowest BCUT2D eigenvalue weighted by Gasteiger charge is -2.42. The lowest BCUT2D eigenvalue weighted by Crippen LogP contribution is -2.55. The van der Waals surface area contributed by atoms with Crippen molar-refractivity contribution in [1.82, 2.24) is 4.90 Å². The summed E-state index contributed by atoms with van der Waals surface area (Å²) in [6, 6.07) is 0. The topological polar surface area (TPSA) is 55.6 Å². The van der Waals surface area contributed by atoms with Gasteiger partial charge in [-0.25, -0.2) is 0 Å². The molecule has 1 saturated heterocycles. The van der Waals surface area contributed by atoms with Crippen molar-refractivity contribution in [2.75, 3.05) is 19.7 Å². The maximum atomic E-state index is 12.1. The molecular formula is C12H22N2O2. The average molecular weight is 226 g/mol.